The van der Waals surface area contributed by atoms with Gasteiger partial charge in [0.1, 0.15) is 5.56 Å². The number of nitrogens with one attached hydrogen (secondary N) is 1. The first-order valence-corrected chi connectivity index (χ1v) is 6.17. The van der Waals surface area contributed by atoms with Crippen molar-refractivity contribution in [2.75, 3.05) is 25.5 Å². The zero-order chi connectivity index (χ0) is 15.1. The predicted octanol–water partition coefficient (Wildman–Crippen LogP) is 2.01. The van der Waals surface area contributed by atoms with Crippen LogP contribution in [0.2, 0.25) is 0 Å². The number of carbonyl (C=O) groups is 1. The number of nitriles is 1. The van der Waals surface area contributed by atoms with Gasteiger partial charge in [-0.25, -0.2) is 0 Å². The summed E-state index contributed by atoms with van der Waals surface area (Å²) < 4.78 is 0. The Morgan fingerprint density at radius 1 is 1.55 bits per heavy atom. The number of amides is 1. The highest BCUT2D eigenvalue weighted by atomic mass is 16.6. The number of benzene rings is 1. The van der Waals surface area contributed by atoms with Gasteiger partial charge in [0.15, 0.2) is 0 Å². The zero-order valence-electron chi connectivity index (χ0n) is 11.4. The number of nitro benzene ring substituents is 1. The van der Waals surface area contributed by atoms with Gasteiger partial charge in [0.05, 0.1) is 17.4 Å². The number of anilines is 1. The van der Waals surface area contributed by atoms with E-state index in [1.165, 1.54) is 17.0 Å². The molecule has 0 aliphatic rings. The summed E-state index contributed by atoms with van der Waals surface area (Å²) in [6.45, 7) is 2.41. The normalized spacial score (nSPS) is 9.65. The third kappa shape index (κ3) is 3.45. The molecule has 0 radical (unpaired) electrons. The van der Waals surface area contributed by atoms with E-state index in [1.807, 2.05) is 6.07 Å². The minimum absolute atomic E-state index is 0.0293. The molecule has 1 N–H and O–H groups in total. The van der Waals surface area contributed by atoms with E-state index in [2.05, 4.69) is 5.32 Å². The summed E-state index contributed by atoms with van der Waals surface area (Å²) in [6.07, 6.45) is 0.194. The lowest BCUT2D eigenvalue weighted by molar-refractivity contribution is -0.385. The van der Waals surface area contributed by atoms with E-state index in [-0.39, 0.29) is 24.2 Å². The van der Waals surface area contributed by atoms with Crippen molar-refractivity contribution in [2.24, 2.45) is 0 Å². The van der Waals surface area contributed by atoms with Crippen molar-refractivity contribution < 1.29 is 9.72 Å². The SMILES string of the molecule is CCN(CCC#N)C(=O)c1cc(NC)ccc1[N+](=O)[O-]. The van der Waals surface area contributed by atoms with Crippen LogP contribution in [0.25, 0.3) is 0 Å². The summed E-state index contributed by atoms with van der Waals surface area (Å²) in [5, 5.41) is 22.4. The van der Waals surface area contributed by atoms with Crippen LogP contribution in [0.15, 0.2) is 18.2 Å². The predicted molar refractivity (Wildman–Crippen MR) is 74.5 cm³/mol. The Morgan fingerprint density at radius 2 is 2.25 bits per heavy atom. The van der Waals surface area contributed by atoms with Gasteiger partial charge in [0.2, 0.25) is 0 Å². The fraction of sp³-hybridized carbons (Fsp3) is 0.385. The molecule has 0 aliphatic carbocycles. The van der Waals surface area contributed by atoms with E-state index < -0.39 is 10.8 Å². The monoisotopic (exact) mass is 276 g/mol. The number of carbonyl (C=O) groups excluding carboxylic acids is 1. The Hall–Kier alpha value is -2.62. The van der Waals surface area contributed by atoms with Gasteiger partial charge >= 0.3 is 0 Å². The van der Waals surface area contributed by atoms with Gasteiger partial charge in [-0.15, -0.1) is 0 Å². The van der Waals surface area contributed by atoms with Gasteiger partial charge in [0, 0.05) is 31.9 Å². The average Bonchev–Trinajstić information content (AvgIpc) is 2.46. The molecular formula is C13H16N4O3. The second-order valence-electron chi connectivity index (χ2n) is 4.03. The van der Waals surface area contributed by atoms with Crippen LogP contribution in [0.4, 0.5) is 11.4 Å². The summed E-state index contributed by atoms with van der Waals surface area (Å²) in [4.78, 5) is 24.2. The largest absolute Gasteiger partial charge is 0.388 e. The Balaban J connectivity index is 3.17. The van der Waals surface area contributed by atoms with Gasteiger partial charge in [-0.2, -0.15) is 5.26 Å². The maximum absolute atomic E-state index is 12.4. The molecule has 0 heterocycles. The first-order valence-electron chi connectivity index (χ1n) is 6.17. The van der Waals surface area contributed by atoms with Crippen LogP contribution in [0.3, 0.4) is 0 Å². The second-order valence-corrected chi connectivity index (χ2v) is 4.03. The molecule has 0 saturated carbocycles. The van der Waals surface area contributed by atoms with Crippen LogP contribution in [-0.2, 0) is 0 Å². The quantitative estimate of drug-likeness (QED) is 0.633. The number of rotatable bonds is 6. The maximum Gasteiger partial charge on any atom is 0.282 e. The molecule has 0 saturated heterocycles. The fourth-order valence-corrected chi connectivity index (χ4v) is 1.78. The van der Waals surface area contributed by atoms with Gasteiger partial charge in [-0.05, 0) is 19.1 Å². The fourth-order valence-electron chi connectivity index (χ4n) is 1.78. The lowest BCUT2D eigenvalue weighted by Gasteiger charge is -2.19. The minimum Gasteiger partial charge on any atom is -0.388 e. The molecule has 1 aromatic carbocycles. The highest BCUT2D eigenvalue weighted by Gasteiger charge is 2.24. The van der Waals surface area contributed by atoms with Gasteiger partial charge in [-0.3, -0.25) is 14.9 Å². The lowest BCUT2D eigenvalue weighted by Crippen LogP contribution is -2.32. The molecule has 106 valence electrons. The van der Waals surface area contributed by atoms with Crippen molar-refractivity contribution in [3.63, 3.8) is 0 Å². The van der Waals surface area contributed by atoms with Crippen LogP contribution in [0.5, 0.6) is 0 Å². The van der Waals surface area contributed by atoms with Crippen LogP contribution in [0.1, 0.15) is 23.7 Å². The van der Waals surface area contributed by atoms with Crippen molar-refractivity contribution in [3.8, 4) is 6.07 Å². The van der Waals surface area contributed by atoms with Crippen LogP contribution in [0, 0.1) is 21.4 Å². The van der Waals surface area contributed by atoms with Gasteiger partial charge in [0.25, 0.3) is 11.6 Å². The number of hydrogen-bond donors (Lipinski definition) is 1. The molecule has 0 atom stereocenters. The molecular weight excluding hydrogens is 260 g/mol. The third-order valence-corrected chi connectivity index (χ3v) is 2.87. The summed E-state index contributed by atoms with van der Waals surface area (Å²) >= 11 is 0. The molecule has 1 aromatic rings. The second kappa shape index (κ2) is 7.09. The van der Waals surface area contributed by atoms with Gasteiger partial charge < -0.3 is 10.2 Å². The molecule has 0 bridgehead atoms. The average molecular weight is 276 g/mol. The third-order valence-electron chi connectivity index (χ3n) is 2.87. The molecule has 0 unspecified atom stereocenters. The molecule has 1 rings (SSSR count). The van der Waals surface area contributed by atoms with Crippen molar-refractivity contribution in [3.05, 3.63) is 33.9 Å². The zero-order valence-corrected chi connectivity index (χ0v) is 11.4. The Kier molecular flexibility index (Phi) is 5.47. The minimum atomic E-state index is -0.579. The van der Waals surface area contributed by atoms with Crippen molar-refractivity contribution >= 4 is 17.3 Å². The molecule has 1 amide bonds. The molecule has 20 heavy (non-hydrogen) atoms. The van der Waals surface area contributed by atoms with E-state index >= 15 is 0 Å². The summed E-state index contributed by atoms with van der Waals surface area (Å²) in [7, 11) is 1.67. The lowest BCUT2D eigenvalue weighted by atomic mass is 10.1. The number of nitrogens with zero attached hydrogens (tertiary/aromatic N) is 3. The smallest absolute Gasteiger partial charge is 0.282 e. The van der Waals surface area contributed by atoms with Crippen LogP contribution < -0.4 is 5.32 Å². The Bertz CT molecular complexity index is 551. The van der Waals surface area contributed by atoms with E-state index in [9.17, 15) is 14.9 Å². The standard InChI is InChI=1S/C13H16N4O3/c1-3-16(8-4-7-14)13(18)11-9-10(15-2)5-6-12(11)17(19)20/h5-6,9,15H,3-4,8H2,1-2H3. The van der Waals surface area contributed by atoms with Crippen molar-refractivity contribution in [2.45, 2.75) is 13.3 Å². The molecule has 7 nitrogen and oxygen atoms in total. The highest BCUT2D eigenvalue weighted by Crippen LogP contribution is 2.24. The van der Waals surface area contributed by atoms with E-state index in [1.54, 1.807) is 20.0 Å². The van der Waals surface area contributed by atoms with E-state index in [0.29, 0.717) is 12.2 Å². The van der Waals surface area contributed by atoms with Crippen molar-refractivity contribution in [1.29, 1.82) is 5.26 Å². The first kappa shape index (κ1) is 15.4. The van der Waals surface area contributed by atoms with E-state index in [0.717, 1.165) is 0 Å². The molecule has 0 aromatic heterocycles. The molecule has 0 fully saturated rings. The van der Waals surface area contributed by atoms with E-state index in [4.69, 9.17) is 5.26 Å². The summed E-state index contributed by atoms with van der Waals surface area (Å²) in [6, 6.07) is 6.26. The summed E-state index contributed by atoms with van der Waals surface area (Å²) in [5.74, 6) is -0.438. The van der Waals surface area contributed by atoms with Crippen LogP contribution in [-0.4, -0.2) is 35.9 Å². The molecule has 0 aliphatic heterocycles. The van der Waals surface area contributed by atoms with Gasteiger partial charge in [-0.1, -0.05) is 0 Å². The highest BCUT2D eigenvalue weighted by molar-refractivity contribution is 5.99. The first-order chi connectivity index (χ1) is 9.54. The Morgan fingerprint density at radius 3 is 2.75 bits per heavy atom. The van der Waals surface area contributed by atoms with Crippen LogP contribution >= 0.6 is 0 Å². The molecule has 7 heteroatoms. The van der Waals surface area contributed by atoms with Crippen molar-refractivity contribution in [1.82, 2.24) is 4.90 Å². The maximum atomic E-state index is 12.4. The number of nitro groups is 1. The summed E-state index contributed by atoms with van der Waals surface area (Å²) in [5.41, 5.74) is 0.418. The topological polar surface area (TPSA) is 99.3 Å². The number of hydrogen-bond acceptors (Lipinski definition) is 5. The molecule has 0 spiro atoms. The Labute approximate surface area is 117 Å².